The van der Waals surface area contributed by atoms with Gasteiger partial charge in [-0.05, 0) is 25.6 Å². The number of piperazine rings is 1. The van der Waals surface area contributed by atoms with Gasteiger partial charge in [0.05, 0.1) is 0 Å². The summed E-state index contributed by atoms with van der Waals surface area (Å²) in [5, 5.41) is 3.43. The van der Waals surface area contributed by atoms with Gasteiger partial charge >= 0.3 is 0 Å². The maximum Gasteiger partial charge on any atom is 0.128 e. The van der Waals surface area contributed by atoms with Gasteiger partial charge in [0, 0.05) is 45.0 Å². The summed E-state index contributed by atoms with van der Waals surface area (Å²) in [6.07, 6.45) is 4.39. The zero-order chi connectivity index (χ0) is 13.5. The van der Waals surface area contributed by atoms with Gasteiger partial charge in [-0.25, -0.2) is 4.98 Å². The normalized spacial score (nSPS) is 18.5. The number of nitrogens with zero attached hydrogens (tertiary/aromatic N) is 3. The first-order valence-corrected chi connectivity index (χ1v) is 7.39. The Kier molecular flexibility index (Phi) is 5.61. The molecule has 0 bridgehead atoms. The molecule has 1 aliphatic heterocycles. The first kappa shape index (κ1) is 14.3. The Morgan fingerprint density at radius 3 is 2.63 bits per heavy atom. The van der Waals surface area contributed by atoms with Crippen molar-refractivity contribution in [1.29, 1.82) is 0 Å². The van der Waals surface area contributed by atoms with E-state index >= 15 is 0 Å². The molecule has 1 aliphatic rings. The van der Waals surface area contributed by atoms with E-state index in [1.54, 1.807) is 0 Å². The molecule has 1 unspecified atom stereocenters. The molecule has 1 saturated heterocycles. The number of rotatable bonds is 6. The Morgan fingerprint density at radius 1 is 1.26 bits per heavy atom. The smallest absolute Gasteiger partial charge is 0.128 e. The summed E-state index contributed by atoms with van der Waals surface area (Å²) in [6, 6.07) is 6.77. The van der Waals surface area contributed by atoms with E-state index in [0.29, 0.717) is 6.04 Å². The van der Waals surface area contributed by atoms with Crippen molar-refractivity contribution >= 4 is 5.82 Å². The zero-order valence-corrected chi connectivity index (χ0v) is 12.2. The van der Waals surface area contributed by atoms with Gasteiger partial charge in [-0.3, -0.25) is 4.90 Å². The van der Waals surface area contributed by atoms with Crippen LogP contribution in [0.5, 0.6) is 0 Å². The summed E-state index contributed by atoms with van der Waals surface area (Å²) in [7, 11) is 2.07. The first-order valence-electron chi connectivity index (χ1n) is 7.39. The highest BCUT2D eigenvalue weighted by Crippen LogP contribution is 2.13. The van der Waals surface area contributed by atoms with Gasteiger partial charge in [0.1, 0.15) is 5.82 Å². The van der Waals surface area contributed by atoms with Gasteiger partial charge in [0.25, 0.3) is 0 Å². The number of aromatic nitrogens is 1. The lowest BCUT2D eigenvalue weighted by atomic mass is 10.1. The summed E-state index contributed by atoms with van der Waals surface area (Å²) >= 11 is 0. The Hall–Kier alpha value is -1.13. The molecule has 0 aromatic carbocycles. The summed E-state index contributed by atoms with van der Waals surface area (Å²) in [4.78, 5) is 9.37. The zero-order valence-electron chi connectivity index (χ0n) is 12.2. The predicted octanol–water partition coefficient (Wildman–Crippen LogP) is 1.59. The molecular formula is C15H26N4. The number of anilines is 1. The average molecular weight is 262 g/mol. The number of pyridine rings is 1. The van der Waals surface area contributed by atoms with Crippen molar-refractivity contribution in [2.45, 2.75) is 25.8 Å². The molecule has 1 aromatic heterocycles. The lowest BCUT2D eigenvalue weighted by Crippen LogP contribution is -2.50. The van der Waals surface area contributed by atoms with Crippen LogP contribution in [0.4, 0.5) is 5.82 Å². The molecule has 2 rings (SSSR count). The largest absolute Gasteiger partial charge is 0.354 e. The van der Waals surface area contributed by atoms with E-state index in [1.807, 2.05) is 12.3 Å². The molecule has 1 N–H and O–H groups in total. The van der Waals surface area contributed by atoms with Gasteiger partial charge in [0.2, 0.25) is 0 Å². The highest BCUT2D eigenvalue weighted by molar-refractivity contribution is 5.38. The fourth-order valence-electron chi connectivity index (χ4n) is 2.69. The Labute approximate surface area is 116 Å². The minimum absolute atomic E-state index is 0.631. The monoisotopic (exact) mass is 262 g/mol. The standard InChI is InChI=1S/C15H26N4/c1-3-6-14(16-2)13-18-9-11-19(12-10-18)15-7-4-5-8-17-15/h4-5,7-8,14,16H,3,6,9-13H2,1-2H3. The lowest BCUT2D eigenvalue weighted by molar-refractivity contribution is 0.227. The minimum Gasteiger partial charge on any atom is -0.354 e. The summed E-state index contributed by atoms with van der Waals surface area (Å²) in [5.41, 5.74) is 0. The molecule has 106 valence electrons. The van der Waals surface area contributed by atoms with E-state index in [9.17, 15) is 0 Å². The molecule has 1 aromatic rings. The predicted molar refractivity (Wildman–Crippen MR) is 80.6 cm³/mol. The third kappa shape index (κ3) is 4.18. The van der Waals surface area contributed by atoms with E-state index in [2.05, 4.69) is 46.2 Å². The van der Waals surface area contributed by atoms with E-state index in [0.717, 1.165) is 32.0 Å². The van der Waals surface area contributed by atoms with Gasteiger partial charge in [-0.2, -0.15) is 0 Å². The van der Waals surface area contributed by atoms with Crippen LogP contribution in [0.15, 0.2) is 24.4 Å². The maximum absolute atomic E-state index is 4.43. The van der Waals surface area contributed by atoms with Crippen LogP contribution in [0.1, 0.15) is 19.8 Å². The van der Waals surface area contributed by atoms with Crippen LogP contribution in [0.3, 0.4) is 0 Å². The summed E-state index contributed by atoms with van der Waals surface area (Å²) in [5.74, 6) is 1.11. The van der Waals surface area contributed by atoms with Crippen LogP contribution in [0, 0.1) is 0 Å². The highest BCUT2D eigenvalue weighted by atomic mass is 15.3. The van der Waals surface area contributed by atoms with Crippen molar-refractivity contribution < 1.29 is 0 Å². The maximum atomic E-state index is 4.43. The van der Waals surface area contributed by atoms with Crippen molar-refractivity contribution in [3.8, 4) is 0 Å². The highest BCUT2D eigenvalue weighted by Gasteiger charge is 2.19. The Morgan fingerprint density at radius 2 is 2.05 bits per heavy atom. The van der Waals surface area contributed by atoms with E-state index in [1.165, 1.54) is 19.4 Å². The molecule has 19 heavy (non-hydrogen) atoms. The fraction of sp³-hybridized carbons (Fsp3) is 0.667. The quantitative estimate of drug-likeness (QED) is 0.843. The Balaban J connectivity index is 1.79. The SMILES string of the molecule is CCCC(CN1CCN(c2ccccn2)CC1)NC. The summed E-state index contributed by atoms with van der Waals surface area (Å²) < 4.78 is 0. The molecule has 1 fully saturated rings. The van der Waals surface area contributed by atoms with Crippen LogP contribution in [-0.2, 0) is 0 Å². The van der Waals surface area contributed by atoms with Crippen molar-refractivity contribution in [2.75, 3.05) is 44.7 Å². The number of hydrogen-bond acceptors (Lipinski definition) is 4. The molecule has 4 heteroatoms. The second-order valence-electron chi connectivity index (χ2n) is 5.25. The Bertz CT molecular complexity index is 346. The molecule has 0 spiro atoms. The van der Waals surface area contributed by atoms with Gasteiger partial charge in [-0.1, -0.05) is 19.4 Å². The second kappa shape index (κ2) is 7.46. The third-order valence-corrected chi connectivity index (χ3v) is 3.87. The molecule has 0 radical (unpaired) electrons. The second-order valence-corrected chi connectivity index (χ2v) is 5.25. The molecule has 0 amide bonds. The van der Waals surface area contributed by atoms with E-state index in [-0.39, 0.29) is 0 Å². The van der Waals surface area contributed by atoms with Crippen molar-refractivity contribution in [3.05, 3.63) is 24.4 Å². The first-order chi connectivity index (χ1) is 9.33. The van der Waals surface area contributed by atoms with Crippen molar-refractivity contribution in [2.24, 2.45) is 0 Å². The van der Waals surface area contributed by atoms with E-state index < -0.39 is 0 Å². The molecule has 4 nitrogen and oxygen atoms in total. The third-order valence-electron chi connectivity index (χ3n) is 3.87. The molecule has 0 saturated carbocycles. The van der Waals surface area contributed by atoms with Crippen molar-refractivity contribution in [3.63, 3.8) is 0 Å². The summed E-state index contributed by atoms with van der Waals surface area (Å²) in [6.45, 7) is 7.86. The van der Waals surface area contributed by atoms with Crippen LogP contribution >= 0.6 is 0 Å². The fourth-order valence-corrected chi connectivity index (χ4v) is 2.69. The van der Waals surface area contributed by atoms with Crippen LogP contribution in [0.2, 0.25) is 0 Å². The van der Waals surface area contributed by atoms with Crippen molar-refractivity contribution in [1.82, 2.24) is 15.2 Å². The molecule has 2 heterocycles. The lowest BCUT2D eigenvalue weighted by Gasteiger charge is -2.37. The van der Waals surface area contributed by atoms with Crippen LogP contribution < -0.4 is 10.2 Å². The average Bonchev–Trinajstić information content (AvgIpc) is 2.48. The van der Waals surface area contributed by atoms with E-state index in [4.69, 9.17) is 0 Å². The molecule has 0 aliphatic carbocycles. The molecular weight excluding hydrogens is 236 g/mol. The number of hydrogen-bond donors (Lipinski definition) is 1. The van der Waals surface area contributed by atoms with Gasteiger partial charge < -0.3 is 10.2 Å². The molecule has 1 atom stereocenters. The number of likely N-dealkylation sites (N-methyl/N-ethyl adjacent to an activating group) is 1. The van der Waals surface area contributed by atoms with Crippen LogP contribution in [0.25, 0.3) is 0 Å². The minimum atomic E-state index is 0.631. The van der Waals surface area contributed by atoms with Gasteiger partial charge in [-0.15, -0.1) is 0 Å². The topological polar surface area (TPSA) is 31.4 Å². The number of nitrogens with one attached hydrogen (secondary N) is 1. The van der Waals surface area contributed by atoms with Gasteiger partial charge in [0.15, 0.2) is 0 Å². The van der Waals surface area contributed by atoms with Crippen LogP contribution in [-0.4, -0.2) is 55.7 Å².